The maximum atomic E-state index is 10.4. The molecule has 0 radical (unpaired) electrons. The van der Waals surface area contributed by atoms with E-state index in [9.17, 15) is 16.8 Å². The molecule has 0 aromatic rings. The number of rotatable bonds is 13. The molecule has 0 saturated carbocycles. The predicted molar refractivity (Wildman–Crippen MR) is 109 cm³/mol. The second kappa shape index (κ2) is 20.4. The van der Waals surface area contributed by atoms with Gasteiger partial charge in [0.1, 0.15) is 0 Å². The summed E-state index contributed by atoms with van der Waals surface area (Å²) in [5, 5.41) is 3.22. The van der Waals surface area contributed by atoms with E-state index in [1.54, 1.807) is 14.2 Å². The van der Waals surface area contributed by atoms with E-state index in [0.29, 0.717) is 38.8 Å². The van der Waals surface area contributed by atoms with Gasteiger partial charge in [-0.2, -0.15) is 0 Å². The Labute approximate surface area is 165 Å². The zero-order chi connectivity index (χ0) is 21.8. The van der Waals surface area contributed by atoms with Crippen molar-refractivity contribution in [2.75, 3.05) is 73.3 Å². The third-order valence-electron chi connectivity index (χ3n) is 2.53. The van der Waals surface area contributed by atoms with E-state index >= 15 is 0 Å². The molecule has 0 aliphatic rings. The van der Waals surface area contributed by atoms with E-state index < -0.39 is 20.0 Å². The Morgan fingerprint density at radius 3 is 1.67 bits per heavy atom. The van der Waals surface area contributed by atoms with Crippen LogP contribution in [0.3, 0.4) is 0 Å². The first-order valence-corrected chi connectivity index (χ1v) is 12.3. The van der Waals surface area contributed by atoms with Crippen molar-refractivity contribution in [3.05, 3.63) is 0 Å². The summed E-state index contributed by atoms with van der Waals surface area (Å²) in [7, 11) is -1.22. The van der Waals surface area contributed by atoms with Crippen LogP contribution in [0.4, 0.5) is 0 Å². The molecule has 0 bridgehead atoms. The number of nitrogens with one attached hydrogen (secondary N) is 3. The van der Waals surface area contributed by atoms with E-state index in [2.05, 4.69) is 33.3 Å². The van der Waals surface area contributed by atoms with Gasteiger partial charge in [-0.25, -0.2) is 26.3 Å². The summed E-state index contributed by atoms with van der Waals surface area (Å²) < 4.78 is 60.4. The first-order chi connectivity index (χ1) is 12.4. The van der Waals surface area contributed by atoms with E-state index in [1.807, 2.05) is 0 Å². The molecule has 1 unspecified atom stereocenters. The van der Waals surface area contributed by atoms with Gasteiger partial charge in [-0.05, 0) is 19.9 Å². The molecule has 3 N–H and O–H groups in total. The molecule has 0 heterocycles. The Bertz CT molecular complexity index is 494. The fraction of sp³-hybridized carbons (Fsp3) is 1.00. The second-order valence-electron chi connectivity index (χ2n) is 5.59. The number of ether oxygens (including phenoxy) is 3. The molecule has 0 aromatic carbocycles. The first-order valence-electron chi connectivity index (χ1n) is 8.52. The number of methoxy groups -OCH3 is 3. The Morgan fingerprint density at radius 2 is 1.30 bits per heavy atom. The van der Waals surface area contributed by atoms with Crippen LogP contribution < -0.4 is 14.8 Å². The first kappa shape index (κ1) is 31.4. The molecular weight excluding hydrogens is 398 g/mol. The second-order valence-corrected chi connectivity index (χ2v) is 9.25. The van der Waals surface area contributed by atoms with Gasteiger partial charge in [-0.3, -0.25) is 0 Å². The summed E-state index contributed by atoms with van der Waals surface area (Å²) in [6.45, 7) is 7.80. The Balaban J connectivity index is -0.000000322. The topological polar surface area (TPSA) is 132 Å². The quantitative estimate of drug-likeness (QED) is 0.325. The largest absolute Gasteiger partial charge is 0.385 e. The lowest BCUT2D eigenvalue weighted by Crippen LogP contribution is -2.29. The normalized spacial score (nSPS) is 12.4. The van der Waals surface area contributed by atoms with Crippen molar-refractivity contribution >= 4 is 20.0 Å². The maximum absolute atomic E-state index is 10.4. The van der Waals surface area contributed by atoms with E-state index in [1.165, 1.54) is 7.11 Å². The van der Waals surface area contributed by atoms with Gasteiger partial charge in [-0.15, -0.1) is 0 Å². The van der Waals surface area contributed by atoms with E-state index in [4.69, 9.17) is 9.47 Å². The molecule has 0 aliphatic carbocycles. The van der Waals surface area contributed by atoms with Crippen molar-refractivity contribution in [2.45, 2.75) is 26.3 Å². The molecule has 12 heteroatoms. The molecule has 0 amide bonds. The highest BCUT2D eigenvalue weighted by Gasteiger charge is 1.97. The van der Waals surface area contributed by atoms with Crippen LogP contribution in [0.25, 0.3) is 0 Å². The summed E-state index contributed by atoms with van der Waals surface area (Å²) in [4.78, 5) is 0. The highest BCUT2D eigenvalue weighted by Crippen LogP contribution is 1.80. The summed E-state index contributed by atoms with van der Waals surface area (Å²) >= 11 is 0. The molecule has 10 nitrogen and oxygen atoms in total. The van der Waals surface area contributed by atoms with Crippen molar-refractivity contribution in [1.82, 2.24) is 14.8 Å². The third-order valence-corrected chi connectivity index (χ3v) is 3.99. The number of likely N-dealkylation sites (N-methyl/N-ethyl adjacent to an activating group) is 1. The molecule has 27 heavy (non-hydrogen) atoms. The summed E-state index contributed by atoms with van der Waals surface area (Å²) in [6.07, 6.45) is 2.96. The van der Waals surface area contributed by atoms with Gasteiger partial charge in [0, 0.05) is 47.1 Å². The average molecular weight is 438 g/mol. The van der Waals surface area contributed by atoms with Crippen molar-refractivity contribution < 1.29 is 31.0 Å². The van der Waals surface area contributed by atoms with E-state index in [0.717, 1.165) is 25.7 Å². The summed E-state index contributed by atoms with van der Waals surface area (Å²) in [5.41, 5.74) is 0. The average Bonchev–Trinajstić information content (AvgIpc) is 2.52. The SMILES string of the molecule is CCNC(C)COC.COCCCNS(C)(=O)=O.COCCNS(C)(=O)=O. The zero-order valence-corrected chi connectivity index (χ0v) is 19.3. The molecule has 0 spiro atoms. The van der Waals surface area contributed by atoms with Gasteiger partial charge in [0.25, 0.3) is 0 Å². The minimum atomic E-state index is -3.03. The fourth-order valence-electron chi connectivity index (χ4n) is 1.46. The van der Waals surface area contributed by atoms with Gasteiger partial charge in [-0.1, -0.05) is 6.92 Å². The van der Waals surface area contributed by atoms with Gasteiger partial charge >= 0.3 is 0 Å². The zero-order valence-electron chi connectivity index (χ0n) is 17.7. The highest BCUT2D eigenvalue weighted by atomic mass is 32.2. The molecule has 1 atom stereocenters. The lowest BCUT2D eigenvalue weighted by atomic mass is 10.4. The molecule has 168 valence electrons. The van der Waals surface area contributed by atoms with Crippen LogP contribution in [-0.4, -0.2) is 96.2 Å². The Morgan fingerprint density at radius 1 is 0.815 bits per heavy atom. The van der Waals surface area contributed by atoms with Crippen LogP contribution in [0.5, 0.6) is 0 Å². The van der Waals surface area contributed by atoms with Crippen molar-refractivity contribution in [2.24, 2.45) is 0 Å². The van der Waals surface area contributed by atoms with Crippen LogP contribution in [-0.2, 0) is 34.3 Å². The van der Waals surface area contributed by atoms with Gasteiger partial charge in [0.2, 0.25) is 20.0 Å². The van der Waals surface area contributed by atoms with Gasteiger partial charge < -0.3 is 19.5 Å². The Kier molecular flexibility index (Phi) is 23.7. The van der Waals surface area contributed by atoms with Gasteiger partial charge in [0.05, 0.1) is 25.7 Å². The lowest BCUT2D eigenvalue weighted by Gasteiger charge is -2.09. The van der Waals surface area contributed by atoms with Crippen molar-refractivity contribution in [3.63, 3.8) is 0 Å². The monoisotopic (exact) mass is 437 g/mol. The standard InChI is InChI=1S/C6H15NO.C5H13NO3S.C4H11NO3S/c1-4-7-6(2)5-8-3;1-9-5-3-4-6-10(2,7)8;1-8-4-3-5-9(2,6)7/h6-7H,4-5H2,1-3H3;6H,3-5H2,1-2H3;5H,3-4H2,1-2H3. The van der Waals surface area contributed by atoms with Crippen LogP contribution in [0, 0.1) is 0 Å². The number of hydrogen-bond donors (Lipinski definition) is 3. The Hall–Kier alpha value is -0.340. The minimum absolute atomic E-state index is 0.343. The van der Waals surface area contributed by atoms with Crippen LogP contribution >= 0.6 is 0 Å². The van der Waals surface area contributed by atoms with Crippen LogP contribution in [0.2, 0.25) is 0 Å². The number of sulfonamides is 2. The van der Waals surface area contributed by atoms with Gasteiger partial charge in [0.15, 0.2) is 0 Å². The number of hydrogen-bond acceptors (Lipinski definition) is 8. The molecule has 0 aliphatic heterocycles. The summed E-state index contributed by atoms with van der Waals surface area (Å²) in [6, 6.07) is 0.491. The lowest BCUT2D eigenvalue weighted by molar-refractivity contribution is 0.173. The van der Waals surface area contributed by atoms with E-state index in [-0.39, 0.29) is 0 Å². The van der Waals surface area contributed by atoms with Crippen LogP contribution in [0.1, 0.15) is 20.3 Å². The summed E-state index contributed by atoms with van der Waals surface area (Å²) in [5.74, 6) is 0. The maximum Gasteiger partial charge on any atom is 0.208 e. The third kappa shape index (κ3) is 41.3. The fourth-order valence-corrected chi connectivity index (χ4v) is 2.43. The van der Waals surface area contributed by atoms with Crippen molar-refractivity contribution in [3.8, 4) is 0 Å². The molecule has 0 fully saturated rings. The highest BCUT2D eigenvalue weighted by molar-refractivity contribution is 7.89. The smallest absolute Gasteiger partial charge is 0.208 e. The molecule has 0 saturated heterocycles. The molecule has 0 aromatic heterocycles. The van der Waals surface area contributed by atoms with Crippen molar-refractivity contribution in [1.29, 1.82) is 0 Å². The minimum Gasteiger partial charge on any atom is -0.385 e. The predicted octanol–water partition coefficient (Wildman–Crippen LogP) is -0.615. The molecule has 0 rings (SSSR count). The van der Waals surface area contributed by atoms with Crippen LogP contribution in [0.15, 0.2) is 0 Å². The molecular formula is C15H39N3O7S2.